The number of rotatable bonds is 2. The van der Waals surface area contributed by atoms with Crippen molar-refractivity contribution < 1.29 is 4.39 Å². The topological polar surface area (TPSA) is 0 Å². The lowest BCUT2D eigenvalue weighted by Crippen LogP contribution is -1.73. The van der Waals surface area contributed by atoms with Gasteiger partial charge in [0, 0.05) is 19.3 Å². The molecule has 0 atom stereocenters. The average Bonchev–Trinajstić information content (AvgIpc) is 3.14. The standard InChI is InChI=1S/C18H11FS2/c19-14-7-5-12(6-8-14)16-9-10-17(20-16)18-11-13-3-1-2-4-15(13)21-18/h1-11H. The Balaban J connectivity index is 1.75. The normalized spacial score (nSPS) is 11.1. The zero-order valence-electron chi connectivity index (χ0n) is 11.0. The van der Waals surface area contributed by atoms with Crippen LogP contribution in [0, 0.1) is 5.82 Å². The first-order chi connectivity index (χ1) is 10.3. The summed E-state index contributed by atoms with van der Waals surface area (Å²) in [4.78, 5) is 3.72. The fourth-order valence-electron chi connectivity index (χ4n) is 2.34. The van der Waals surface area contributed by atoms with Gasteiger partial charge in [-0.2, -0.15) is 0 Å². The van der Waals surface area contributed by atoms with E-state index in [1.54, 1.807) is 11.3 Å². The molecule has 0 aliphatic heterocycles. The number of benzene rings is 2. The SMILES string of the molecule is Fc1ccc(-c2ccc(-c3cc4ccccc4s3)s2)cc1. The minimum absolute atomic E-state index is 0.194. The van der Waals surface area contributed by atoms with Gasteiger partial charge >= 0.3 is 0 Å². The number of hydrogen-bond acceptors (Lipinski definition) is 2. The summed E-state index contributed by atoms with van der Waals surface area (Å²) in [5.74, 6) is -0.194. The van der Waals surface area contributed by atoms with Crippen LogP contribution >= 0.6 is 22.7 Å². The van der Waals surface area contributed by atoms with Crippen LogP contribution in [0.1, 0.15) is 0 Å². The molecule has 0 nitrogen and oxygen atoms in total. The van der Waals surface area contributed by atoms with Crippen molar-refractivity contribution in [1.82, 2.24) is 0 Å². The second kappa shape index (κ2) is 5.10. The van der Waals surface area contributed by atoms with Crippen molar-refractivity contribution in [1.29, 1.82) is 0 Å². The quantitative estimate of drug-likeness (QED) is 0.400. The van der Waals surface area contributed by atoms with Gasteiger partial charge in [-0.1, -0.05) is 30.3 Å². The highest BCUT2D eigenvalue weighted by molar-refractivity contribution is 7.27. The van der Waals surface area contributed by atoms with E-state index >= 15 is 0 Å². The van der Waals surface area contributed by atoms with Crippen LogP contribution in [-0.2, 0) is 0 Å². The molecule has 21 heavy (non-hydrogen) atoms. The smallest absolute Gasteiger partial charge is 0.123 e. The van der Waals surface area contributed by atoms with Crippen molar-refractivity contribution in [3.63, 3.8) is 0 Å². The summed E-state index contributed by atoms with van der Waals surface area (Å²) in [7, 11) is 0. The summed E-state index contributed by atoms with van der Waals surface area (Å²) in [6.45, 7) is 0. The summed E-state index contributed by atoms with van der Waals surface area (Å²) in [5, 5.41) is 1.29. The molecule has 2 heterocycles. The lowest BCUT2D eigenvalue weighted by molar-refractivity contribution is 0.628. The van der Waals surface area contributed by atoms with Crippen LogP contribution in [0.25, 0.3) is 30.3 Å². The number of halogens is 1. The van der Waals surface area contributed by atoms with Gasteiger partial charge in [0.1, 0.15) is 5.82 Å². The lowest BCUT2D eigenvalue weighted by atomic mass is 10.2. The summed E-state index contributed by atoms with van der Waals surface area (Å²) in [5.41, 5.74) is 1.06. The van der Waals surface area contributed by atoms with Gasteiger partial charge in [0.05, 0.1) is 0 Å². The molecule has 0 aliphatic rings. The molecule has 0 saturated heterocycles. The Hall–Kier alpha value is -1.97. The minimum Gasteiger partial charge on any atom is -0.207 e. The van der Waals surface area contributed by atoms with E-state index in [1.807, 2.05) is 23.5 Å². The number of hydrogen-bond donors (Lipinski definition) is 0. The Labute approximate surface area is 130 Å². The van der Waals surface area contributed by atoms with Gasteiger partial charge in [0.15, 0.2) is 0 Å². The molecule has 0 unspecified atom stereocenters. The first-order valence-electron chi connectivity index (χ1n) is 6.64. The first kappa shape index (κ1) is 12.7. The molecule has 2 aromatic carbocycles. The zero-order valence-corrected chi connectivity index (χ0v) is 12.7. The van der Waals surface area contributed by atoms with Crippen molar-refractivity contribution in [2.75, 3.05) is 0 Å². The molecule has 102 valence electrons. The second-order valence-corrected chi connectivity index (χ2v) is 6.99. The highest BCUT2D eigenvalue weighted by Gasteiger charge is 2.08. The second-order valence-electron chi connectivity index (χ2n) is 4.82. The Bertz CT molecular complexity index is 867. The third-order valence-electron chi connectivity index (χ3n) is 3.40. The van der Waals surface area contributed by atoms with E-state index in [9.17, 15) is 4.39 Å². The van der Waals surface area contributed by atoms with Gasteiger partial charge in [-0.3, -0.25) is 0 Å². The van der Waals surface area contributed by atoms with E-state index in [-0.39, 0.29) is 5.82 Å². The zero-order chi connectivity index (χ0) is 14.2. The maximum absolute atomic E-state index is 13.0. The van der Waals surface area contributed by atoms with E-state index < -0.39 is 0 Å². The first-order valence-corrected chi connectivity index (χ1v) is 8.28. The van der Waals surface area contributed by atoms with Gasteiger partial charge in [-0.05, 0) is 47.3 Å². The van der Waals surface area contributed by atoms with Crippen molar-refractivity contribution in [3.05, 3.63) is 72.5 Å². The van der Waals surface area contributed by atoms with E-state index in [0.29, 0.717) is 0 Å². The van der Waals surface area contributed by atoms with Gasteiger partial charge in [0.2, 0.25) is 0 Å². The number of thiophene rings is 2. The summed E-state index contributed by atoms with van der Waals surface area (Å²) < 4.78 is 14.3. The van der Waals surface area contributed by atoms with Crippen LogP contribution < -0.4 is 0 Å². The third-order valence-corrected chi connectivity index (χ3v) is 5.85. The molecule has 0 amide bonds. The fraction of sp³-hybridized carbons (Fsp3) is 0. The van der Waals surface area contributed by atoms with Crippen LogP contribution in [0.4, 0.5) is 4.39 Å². The maximum atomic E-state index is 13.0. The van der Waals surface area contributed by atoms with Crippen LogP contribution in [0.3, 0.4) is 0 Å². The summed E-state index contributed by atoms with van der Waals surface area (Å²) >= 11 is 3.56. The van der Waals surface area contributed by atoms with Gasteiger partial charge in [0.25, 0.3) is 0 Å². The molecule has 3 heteroatoms. The van der Waals surface area contributed by atoms with E-state index in [4.69, 9.17) is 0 Å². The Morgan fingerprint density at radius 2 is 1.43 bits per heavy atom. The van der Waals surface area contributed by atoms with Gasteiger partial charge in [-0.15, -0.1) is 22.7 Å². The van der Waals surface area contributed by atoms with Crippen LogP contribution in [0.15, 0.2) is 66.7 Å². The van der Waals surface area contributed by atoms with Crippen molar-refractivity contribution in [2.45, 2.75) is 0 Å². The Kier molecular flexibility index (Phi) is 3.09. The predicted octanol–water partition coefficient (Wildman–Crippen LogP) is 6.44. The van der Waals surface area contributed by atoms with E-state index in [2.05, 4.69) is 42.5 Å². The molecule has 0 spiro atoms. The van der Waals surface area contributed by atoms with Crippen LogP contribution in [-0.4, -0.2) is 0 Å². The molecule has 0 bridgehead atoms. The van der Waals surface area contributed by atoms with Crippen LogP contribution in [0.2, 0.25) is 0 Å². The van der Waals surface area contributed by atoms with E-state index in [0.717, 1.165) is 5.56 Å². The van der Waals surface area contributed by atoms with E-state index in [1.165, 1.54) is 36.9 Å². The van der Waals surface area contributed by atoms with Crippen molar-refractivity contribution >= 4 is 32.8 Å². The third kappa shape index (κ3) is 2.39. The Morgan fingerprint density at radius 3 is 2.24 bits per heavy atom. The largest absolute Gasteiger partial charge is 0.207 e. The van der Waals surface area contributed by atoms with Crippen LogP contribution in [0.5, 0.6) is 0 Å². The highest BCUT2D eigenvalue weighted by Crippen LogP contribution is 2.39. The van der Waals surface area contributed by atoms with Crippen molar-refractivity contribution in [3.8, 4) is 20.2 Å². The molecule has 0 saturated carbocycles. The van der Waals surface area contributed by atoms with Crippen molar-refractivity contribution in [2.24, 2.45) is 0 Å². The molecule has 4 aromatic rings. The molecule has 4 rings (SSSR count). The average molecular weight is 310 g/mol. The molecule has 0 fully saturated rings. The number of fused-ring (bicyclic) bond motifs is 1. The maximum Gasteiger partial charge on any atom is 0.123 e. The molecule has 0 radical (unpaired) electrons. The molecule has 0 aliphatic carbocycles. The van der Waals surface area contributed by atoms with Gasteiger partial charge in [-0.25, -0.2) is 4.39 Å². The summed E-state index contributed by atoms with van der Waals surface area (Å²) in [6, 6.07) is 21.6. The minimum atomic E-state index is -0.194. The molecular weight excluding hydrogens is 299 g/mol. The predicted molar refractivity (Wildman–Crippen MR) is 90.5 cm³/mol. The highest BCUT2D eigenvalue weighted by atomic mass is 32.1. The monoisotopic (exact) mass is 310 g/mol. The fourth-order valence-corrected chi connectivity index (χ4v) is 4.50. The molecule has 0 N–H and O–H groups in total. The molecular formula is C18H11FS2. The summed E-state index contributed by atoms with van der Waals surface area (Å²) in [6.07, 6.45) is 0. The van der Waals surface area contributed by atoms with Gasteiger partial charge < -0.3 is 0 Å². The Morgan fingerprint density at radius 1 is 0.667 bits per heavy atom. The molecule has 2 aromatic heterocycles. The lowest BCUT2D eigenvalue weighted by Gasteiger charge is -1.96.